The summed E-state index contributed by atoms with van der Waals surface area (Å²) in [6.07, 6.45) is 3.56. The third-order valence-electron chi connectivity index (χ3n) is 4.57. The second-order valence-electron chi connectivity index (χ2n) is 6.64. The molecule has 0 aliphatic carbocycles. The van der Waals surface area contributed by atoms with E-state index in [0.29, 0.717) is 6.54 Å². The Bertz CT molecular complexity index is 906. The van der Waals surface area contributed by atoms with Crippen LogP contribution in [0.4, 0.5) is 0 Å². The predicted octanol–water partition coefficient (Wildman–Crippen LogP) is 3.47. The van der Waals surface area contributed by atoms with E-state index < -0.39 is 0 Å². The van der Waals surface area contributed by atoms with Crippen LogP contribution in [-0.4, -0.2) is 33.8 Å². The van der Waals surface area contributed by atoms with Crippen molar-refractivity contribution in [2.75, 3.05) is 13.1 Å². The number of rotatable bonds is 9. The lowest BCUT2D eigenvalue weighted by atomic mass is 10.1. The summed E-state index contributed by atoms with van der Waals surface area (Å²) in [6.45, 7) is 4.90. The van der Waals surface area contributed by atoms with Crippen molar-refractivity contribution in [1.82, 2.24) is 25.4 Å². The summed E-state index contributed by atoms with van der Waals surface area (Å²) in [5.74, 6) is 1.75. The highest BCUT2D eigenvalue weighted by Crippen LogP contribution is 2.15. The van der Waals surface area contributed by atoms with E-state index >= 15 is 0 Å². The van der Waals surface area contributed by atoms with Crippen molar-refractivity contribution in [2.24, 2.45) is 4.99 Å². The summed E-state index contributed by atoms with van der Waals surface area (Å²) in [5, 5.41) is 15.7. The van der Waals surface area contributed by atoms with Gasteiger partial charge in [0.15, 0.2) is 5.96 Å². The molecule has 0 unspecified atom stereocenters. The summed E-state index contributed by atoms with van der Waals surface area (Å²) in [4.78, 5) is 4.72. The molecule has 0 aliphatic rings. The number of aromatic nitrogens is 3. The smallest absolute Gasteiger partial charge is 0.191 e. The summed E-state index contributed by atoms with van der Waals surface area (Å²) in [5.41, 5.74) is 2.30. The second kappa shape index (κ2) is 11.2. The molecule has 3 rings (SSSR count). The van der Waals surface area contributed by atoms with Crippen LogP contribution >= 0.6 is 11.6 Å². The van der Waals surface area contributed by atoms with Gasteiger partial charge in [-0.05, 0) is 23.6 Å². The molecule has 0 saturated carbocycles. The van der Waals surface area contributed by atoms with Crippen LogP contribution in [0, 0.1) is 0 Å². The summed E-state index contributed by atoms with van der Waals surface area (Å²) < 4.78 is 2.06. The molecule has 1 heterocycles. The Morgan fingerprint density at radius 3 is 2.59 bits per heavy atom. The van der Waals surface area contributed by atoms with Gasteiger partial charge < -0.3 is 15.2 Å². The molecular weight excluding hydrogens is 384 g/mol. The summed E-state index contributed by atoms with van der Waals surface area (Å²) in [6, 6.07) is 18.2. The number of nitrogens with one attached hydrogen (secondary N) is 2. The molecule has 0 bridgehead atoms. The van der Waals surface area contributed by atoms with Gasteiger partial charge in [-0.25, -0.2) is 4.99 Å². The van der Waals surface area contributed by atoms with Crippen molar-refractivity contribution in [3.63, 3.8) is 0 Å². The summed E-state index contributed by atoms with van der Waals surface area (Å²) >= 11 is 6.27. The van der Waals surface area contributed by atoms with Crippen LogP contribution in [-0.2, 0) is 25.9 Å². The molecule has 7 heteroatoms. The van der Waals surface area contributed by atoms with Gasteiger partial charge in [0.05, 0.1) is 6.54 Å². The highest BCUT2D eigenvalue weighted by molar-refractivity contribution is 6.31. The topological polar surface area (TPSA) is 67.1 Å². The van der Waals surface area contributed by atoms with E-state index in [-0.39, 0.29) is 0 Å². The van der Waals surface area contributed by atoms with Crippen molar-refractivity contribution in [2.45, 2.75) is 32.9 Å². The first-order valence-corrected chi connectivity index (χ1v) is 10.3. The zero-order valence-corrected chi connectivity index (χ0v) is 17.4. The molecule has 29 heavy (non-hydrogen) atoms. The number of halogens is 1. The number of hydrogen-bond donors (Lipinski definition) is 2. The molecule has 3 aromatic rings. The zero-order chi connectivity index (χ0) is 20.3. The number of hydrogen-bond acceptors (Lipinski definition) is 3. The van der Waals surface area contributed by atoms with Crippen molar-refractivity contribution in [3.05, 3.63) is 82.9 Å². The van der Waals surface area contributed by atoms with Gasteiger partial charge in [0, 0.05) is 31.1 Å². The SMILES string of the molecule is CCc1nncn1CCNC(=NCc1ccccc1Cl)NCCc1ccccc1. The molecule has 0 amide bonds. The average molecular weight is 411 g/mol. The van der Waals surface area contributed by atoms with Crippen LogP contribution in [0.1, 0.15) is 23.9 Å². The summed E-state index contributed by atoms with van der Waals surface area (Å²) in [7, 11) is 0. The van der Waals surface area contributed by atoms with Gasteiger partial charge in [0.25, 0.3) is 0 Å². The van der Waals surface area contributed by atoms with Crippen molar-refractivity contribution in [3.8, 4) is 0 Å². The molecule has 6 nitrogen and oxygen atoms in total. The molecule has 0 aliphatic heterocycles. The molecule has 2 aromatic carbocycles. The Morgan fingerprint density at radius 1 is 1.03 bits per heavy atom. The highest BCUT2D eigenvalue weighted by Gasteiger charge is 2.04. The van der Waals surface area contributed by atoms with E-state index in [0.717, 1.165) is 54.8 Å². The number of benzene rings is 2. The monoisotopic (exact) mass is 410 g/mol. The number of guanidine groups is 1. The lowest BCUT2D eigenvalue weighted by Gasteiger charge is -2.14. The minimum absolute atomic E-state index is 0.521. The Hall–Kier alpha value is -2.86. The van der Waals surface area contributed by atoms with E-state index in [9.17, 15) is 0 Å². The van der Waals surface area contributed by atoms with Crippen LogP contribution in [0.2, 0.25) is 5.02 Å². The van der Waals surface area contributed by atoms with Gasteiger partial charge >= 0.3 is 0 Å². The molecule has 1 aromatic heterocycles. The third-order valence-corrected chi connectivity index (χ3v) is 4.94. The molecule has 0 radical (unpaired) electrons. The maximum absolute atomic E-state index is 6.27. The lowest BCUT2D eigenvalue weighted by Crippen LogP contribution is -2.40. The number of nitrogens with zero attached hydrogens (tertiary/aromatic N) is 4. The molecule has 152 valence electrons. The van der Waals surface area contributed by atoms with E-state index in [4.69, 9.17) is 16.6 Å². The fourth-order valence-corrected chi connectivity index (χ4v) is 3.16. The zero-order valence-electron chi connectivity index (χ0n) is 16.7. The fourth-order valence-electron chi connectivity index (χ4n) is 2.97. The Kier molecular flexibility index (Phi) is 8.07. The Balaban J connectivity index is 1.58. The minimum Gasteiger partial charge on any atom is -0.356 e. The van der Waals surface area contributed by atoms with Crippen LogP contribution in [0.3, 0.4) is 0 Å². The largest absolute Gasteiger partial charge is 0.356 e. The van der Waals surface area contributed by atoms with Crippen LogP contribution in [0.25, 0.3) is 0 Å². The van der Waals surface area contributed by atoms with E-state index in [1.807, 2.05) is 30.3 Å². The molecule has 2 N–H and O–H groups in total. The first-order valence-electron chi connectivity index (χ1n) is 9.92. The molecule has 0 atom stereocenters. The Labute approximate surface area is 177 Å². The molecule has 0 saturated heterocycles. The van der Waals surface area contributed by atoms with E-state index in [1.54, 1.807) is 6.33 Å². The van der Waals surface area contributed by atoms with Gasteiger partial charge in [0.2, 0.25) is 0 Å². The first kappa shape index (κ1) is 20.9. The first-order chi connectivity index (χ1) is 14.3. The molecular formula is C22H27ClN6. The van der Waals surface area contributed by atoms with E-state index in [2.05, 4.69) is 56.6 Å². The lowest BCUT2D eigenvalue weighted by molar-refractivity contribution is 0.631. The quantitative estimate of drug-likeness (QED) is 0.418. The molecule has 0 fully saturated rings. The van der Waals surface area contributed by atoms with Gasteiger partial charge in [-0.3, -0.25) is 0 Å². The van der Waals surface area contributed by atoms with Crippen molar-refractivity contribution >= 4 is 17.6 Å². The minimum atomic E-state index is 0.521. The van der Waals surface area contributed by atoms with Crippen LogP contribution < -0.4 is 10.6 Å². The number of aliphatic imine (C=N–C) groups is 1. The van der Waals surface area contributed by atoms with Gasteiger partial charge in [0.1, 0.15) is 12.2 Å². The fraction of sp³-hybridized carbons (Fsp3) is 0.318. The van der Waals surface area contributed by atoms with Crippen LogP contribution in [0.15, 0.2) is 65.9 Å². The second-order valence-corrected chi connectivity index (χ2v) is 7.05. The average Bonchev–Trinajstić information content (AvgIpc) is 3.21. The normalized spacial score (nSPS) is 11.4. The Morgan fingerprint density at radius 2 is 1.79 bits per heavy atom. The van der Waals surface area contributed by atoms with Crippen molar-refractivity contribution < 1.29 is 0 Å². The van der Waals surface area contributed by atoms with Gasteiger partial charge in [-0.1, -0.05) is 67.1 Å². The highest BCUT2D eigenvalue weighted by atomic mass is 35.5. The van der Waals surface area contributed by atoms with Crippen molar-refractivity contribution in [1.29, 1.82) is 0 Å². The number of aryl methyl sites for hydroxylation is 1. The van der Waals surface area contributed by atoms with Gasteiger partial charge in [-0.2, -0.15) is 0 Å². The maximum Gasteiger partial charge on any atom is 0.191 e. The van der Waals surface area contributed by atoms with Gasteiger partial charge in [-0.15, -0.1) is 10.2 Å². The third kappa shape index (κ3) is 6.61. The van der Waals surface area contributed by atoms with Crippen LogP contribution in [0.5, 0.6) is 0 Å². The predicted molar refractivity (Wildman–Crippen MR) is 118 cm³/mol. The maximum atomic E-state index is 6.27. The molecule has 0 spiro atoms. The standard InChI is InChI=1S/C22H27ClN6/c1-2-21-28-27-17-29(21)15-14-25-22(24-13-12-18-8-4-3-5-9-18)26-16-19-10-6-7-11-20(19)23/h3-11,17H,2,12-16H2,1H3,(H2,24,25,26). The van der Waals surface area contributed by atoms with E-state index in [1.165, 1.54) is 5.56 Å².